The topological polar surface area (TPSA) is 91.6 Å². The quantitative estimate of drug-likeness (QED) is 0.781. The van der Waals surface area contributed by atoms with Gasteiger partial charge in [0.2, 0.25) is 5.43 Å². The van der Waals surface area contributed by atoms with Gasteiger partial charge in [-0.25, -0.2) is 8.78 Å². The first-order chi connectivity index (χ1) is 14.7. The normalized spacial score (nSPS) is 23.6. The summed E-state index contributed by atoms with van der Waals surface area (Å²) in [5.41, 5.74) is -1.77. The zero-order chi connectivity index (χ0) is 22.1. The number of halogens is 2. The molecule has 1 spiro atoms. The van der Waals surface area contributed by atoms with Crippen molar-refractivity contribution < 1.29 is 23.5 Å². The number of nitrogens with zero attached hydrogens (tertiary/aromatic N) is 2. The summed E-state index contributed by atoms with van der Waals surface area (Å²) in [6.45, 7) is 2.14. The highest BCUT2D eigenvalue weighted by Gasteiger charge is 2.61. The minimum atomic E-state index is -0.976. The molecule has 3 heterocycles. The average molecular weight is 429 g/mol. The van der Waals surface area contributed by atoms with Crippen LogP contribution in [0.25, 0.3) is 0 Å². The van der Waals surface area contributed by atoms with Crippen molar-refractivity contribution in [3.05, 3.63) is 62.6 Å². The molecule has 7 nitrogen and oxygen atoms in total. The zero-order valence-corrected chi connectivity index (χ0v) is 16.9. The van der Waals surface area contributed by atoms with E-state index in [9.17, 15) is 28.3 Å². The van der Waals surface area contributed by atoms with Crippen molar-refractivity contribution >= 4 is 11.8 Å². The van der Waals surface area contributed by atoms with Crippen LogP contribution in [0.15, 0.2) is 23.1 Å². The Morgan fingerprint density at radius 1 is 1.29 bits per heavy atom. The Morgan fingerprint density at radius 3 is 2.71 bits per heavy atom. The van der Waals surface area contributed by atoms with Crippen molar-refractivity contribution in [2.45, 2.75) is 38.3 Å². The smallest absolute Gasteiger partial charge is 0.274 e. The monoisotopic (exact) mass is 429 g/mol. The minimum Gasteiger partial charge on any atom is -0.503 e. The Balaban J connectivity index is 1.51. The molecule has 2 atom stereocenters. The van der Waals surface area contributed by atoms with Gasteiger partial charge < -0.3 is 19.9 Å². The van der Waals surface area contributed by atoms with Crippen molar-refractivity contribution in [1.29, 1.82) is 0 Å². The SMILES string of the molecule is Cc1cc(F)c(CNC(=O)c2cn3c(c(O)c2=O)C(=O)N2CCCC4CC43C2)c(F)c1. The van der Waals surface area contributed by atoms with Gasteiger partial charge in [-0.2, -0.15) is 0 Å². The molecule has 162 valence electrons. The first-order valence-corrected chi connectivity index (χ1v) is 10.2. The Kier molecular flexibility index (Phi) is 4.22. The molecule has 5 rings (SSSR count). The van der Waals surface area contributed by atoms with Gasteiger partial charge in [0.1, 0.15) is 17.2 Å². The second-order valence-electron chi connectivity index (χ2n) is 8.70. The summed E-state index contributed by atoms with van der Waals surface area (Å²) in [5.74, 6) is -3.35. The molecule has 1 aliphatic carbocycles. The Hall–Kier alpha value is -3.23. The molecule has 2 aromatic rings. The van der Waals surface area contributed by atoms with Crippen molar-refractivity contribution in [2.24, 2.45) is 5.92 Å². The number of carbonyl (C=O) groups is 2. The first-order valence-electron chi connectivity index (χ1n) is 10.2. The van der Waals surface area contributed by atoms with E-state index < -0.39 is 46.7 Å². The molecular formula is C22H21F2N3O4. The summed E-state index contributed by atoms with van der Waals surface area (Å²) in [5, 5.41) is 12.9. The molecule has 1 saturated heterocycles. The summed E-state index contributed by atoms with van der Waals surface area (Å²) in [4.78, 5) is 39.9. The fraction of sp³-hybridized carbons (Fsp3) is 0.409. The van der Waals surface area contributed by atoms with Gasteiger partial charge in [0.25, 0.3) is 11.8 Å². The van der Waals surface area contributed by atoms with Crippen LogP contribution in [0.3, 0.4) is 0 Å². The molecule has 2 fully saturated rings. The molecule has 2 amide bonds. The van der Waals surface area contributed by atoms with Gasteiger partial charge in [0.05, 0.1) is 5.54 Å². The van der Waals surface area contributed by atoms with Crippen LogP contribution in [0.4, 0.5) is 8.78 Å². The summed E-state index contributed by atoms with van der Waals surface area (Å²) >= 11 is 0. The first kappa shape index (κ1) is 19.7. The van der Waals surface area contributed by atoms with Crippen molar-refractivity contribution in [1.82, 2.24) is 14.8 Å². The number of nitrogens with one attached hydrogen (secondary N) is 1. The van der Waals surface area contributed by atoms with Gasteiger partial charge >= 0.3 is 0 Å². The number of hydrogen-bond acceptors (Lipinski definition) is 4. The van der Waals surface area contributed by atoms with Crippen LogP contribution in [-0.2, 0) is 12.1 Å². The third-order valence-electron chi connectivity index (χ3n) is 6.75. The van der Waals surface area contributed by atoms with E-state index in [-0.39, 0.29) is 16.8 Å². The Morgan fingerprint density at radius 2 is 2.00 bits per heavy atom. The Labute approximate surface area is 176 Å². The van der Waals surface area contributed by atoms with Gasteiger partial charge in [-0.1, -0.05) is 0 Å². The van der Waals surface area contributed by atoms with Crippen molar-refractivity contribution in [2.75, 3.05) is 13.1 Å². The highest BCUT2D eigenvalue weighted by Crippen LogP contribution is 2.57. The van der Waals surface area contributed by atoms with E-state index in [1.165, 1.54) is 6.20 Å². The predicted molar refractivity (Wildman–Crippen MR) is 106 cm³/mol. The van der Waals surface area contributed by atoms with Gasteiger partial charge in [-0.3, -0.25) is 14.4 Å². The number of carbonyl (C=O) groups excluding carboxylic acids is 2. The van der Waals surface area contributed by atoms with E-state index in [0.717, 1.165) is 31.4 Å². The molecule has 2 N–H and O–H groups in total. The number of benzene rings is 1. The molecule has 2 unspecified atom stereocenters. The maximum absolute atomic E-state index is 14.1. The number of rotatable bonds is 3. The number of fused-ring (bicyclic) bond motifs is 2. The predicted octanol–water partition coefficient (Wildman–Crippen LogP) is 2.04. The lowest BCUT2D eigenvalue weighted by Gasteiger charge is -2.36. The van der Waals surface area contributed by atoms with Crippen LogP contribution in [0.5, 0.6) is 5.75 Å². The van der Waals surface area contributed by atoms with Crippen LogP contribution < -0.4 is 10.7 Å². The Bertz CT molecular complexity index is 1180. The second kappa shape index (κ2) is 6.63. The number of hydrogen-bond donors (Lipinski definition) is 2. The number of pyridine rings is 1. The number of aryl methyl sites for hydroxylation is 1. The molecule has 2 aliphatic heterocycles. The fourth-order valence-electron chi connectivity index (χ4n) is 5.05. The van der Waals surface area contributed by atoms with E-state index in [1.54, 1.807) is 16.4 Å². The molecule has 0 radical (unpaired) electrons. The summed E-state index contributed by atoms with van der Waals surface area (Å²) in [6, 6.07) is 2.31. The van der Waals surface area contributed by atoms with Gasteiger partial charge in [0, 0.05) is 31.4 Å². The third-order valence-corrected chi connectivity index (χ3v) is 6.75. The molecule has 1 aromatic carbocycles. The highest BCUT2D eigenvalue weighted by atomic mass is 19.1. The average Bonchev–Trinajstić information content (AvgIpc) is 3.41. The van der Waals surface area contributed by atoms with Crippen LogP contribution >= 0.6 is 0 Å². The lowest BCUT2D eigenvalue weighted by molar-refractivity contribution is 0.0650. The van der Waals surface area contributed by atoms with Crippen molar-refractivity contribution in [3.8, 4) is 5.75 Å². The largest absolute Gasteiger partial charge is 0.503 e. The number of aromatic hydroxyl groups is 1. The molecule has 9 heteroatoms. The van der Waals surface area contributed by atoms with E-state index in [2.05, 4.69) is 5.32 Å². The fourth-order valence-corrected chi connectivity index (χ4v) is 5.05. The van der Waals surface area contributed by atoms with Crippen LogP contribution in [0, 0.1) is 24.5 Å². The lowest BCUT2D eigenvalue weighted by atomic mass is 10.0. The lowest BCUT2D eigenvalue weighted by Crippen LogP contribution is -2.49. The minimum absolute atomic E-state index is 0.0900. The van der Waals surface area contributed by atoms with E-state index in [0.29, 0.717) is 24.6 Å². The van der Waals surface area contributed by atoms with E-state index >= 15 is 0 Å². The second-order valence-corrected chi connectivity index (χ2v) is 8.70. The highest BCUT2D eigenvalue weighted by molar-refractivity contribution is 5.99. The summed E-state index contributed by atoms with van der Waals surface area (Å²) in [7, 11) is 0. The van der Waals surface area contributed by atoms with Crippen LogP contribution in [0.2, 0.25) is 0 Å². The molecule has 31 heavy (non-hydrogen) atoms. The summed E-state index contributed by atoms with van der Waals surface area (Å²) in [6.07, 6.45) is 3.88. The molecular weight excluding hydrogens is 408 g/mol. The molecule has 1 saturated carbocycles. The number of amides is 2. The van der Waals surface area contributed by atoms with Crippen molar-refractivity contribution in [3.63, 3.8) is 0 Å². The molecule has 1 aromatic heterocycles. The van der Waals surface area contributed by atoms with E-state index in [4.69, 9.17) is 0 Å². The van der Waals surface area contributed by atoms with Gasteiger partial charge in [0.15, 0.2) is 11.4 Å². The van der Waals surface area contributed by atoms with Crippen LogP contribution in [-0.4, -0.2) is 39.5 Å². The number of aromatic nitrogens is 1. The van der Waals surface area contributed by atoms with Gasteiger partial charge in [-0.15, -0.1) is 0 Å². The van der Waals surface area contributed by atoms with E-state index in [1.807, 2.05) is 0 Å². The van der Waals surface area contributed by atoms with Gasteiger partial charge in [-0.05, 0) is 49.8 Å². The van der Waals surface area contributed by atoms with Crippen LogP contribution in [0.1, 0.15) is 51.2 Å². The standard InChI is InChI=1S/C22H21F2N3O4/c1-11-5-15(23)13(16(24)6-11)8-25-20(30)14-9-27-17(19(29)18(14)28)21(31)26-4-2-3-12-7-22(12,27)10-26/h5-6,9,12,29H,2-4,7-8,10H2,1H3,(H,25,30). The summed E-state index contributed by atoms with van der Waals surface area (Å²) < 4.78 is 29.7. The molecule has 3 aliphatic rings. The zero-order valence-electron chi connectivity index (χ0n) is 16.9. The third kappa shape index (κ3) is 2.86. The molecule has 2 bridgehead atoms. The maximum Gasteiger partial charge on any atom is 0.274 e. The maximum atomic E-state index is 14.1.